The highest BCUT2D eigenvalue weighted by Crippen LogP contribution is 2.25. The minimum Gasteiger partial charge on any atom is -0.329 e. The molecule has 0 saturated heterocycles. The van der Waals surface area contributed by atoms with E-state index in [-0.39, 0.29) is 17.8 Å². The van der Waals surface area contributed by atoms with Gasteiger partial charge in [-0.05, 0) is 40.3 Å². The molecule has 1 heterocycles. The summed E-state index contributed by atoms with van der Waals surface area (Å²) in [5, 5.41) is 5.09. The van der Waals surface area contributed by atoms with E-state index in [1.807, 2.05) is 72.8 Å². The zero-order valence-corrected chi connectivity index (χ0v) is 17.0. The van der Waals surface area contributed by atoms with Crippen molar-refractivity contribution in [2.75, 3.05) is 0 Å². The van der Waals surface area contributed by atoms with Crippen LogP contribution in [0.3, 0.4) is 0 Å². The number of carbonyl (C=O) groups is 1. The minimum absolute atomic E-state index is 0.0169. The maximum Gasteiger partial charge on any atom is 0.255 e. The van der Waals surface area contributed by atoms with Crippen LogP contribution in [0.15, 0.2) is 89.9 Å². The van der Waals surface area contributed by atoms with Crippen LogP contribution in [0.2, 0.25) is 5.02 Å². The van der Waals surface area contributed by atoms with Crippen LogP contribution in [0.25, 0.3) is 10.8 Å². The number of aromatic nitrogens is 1. The van der Waals surface area contributed by atoms with Gasteiger partial charge in [-0.2, -0.15) is 0 Å². The standard InChI is InChI=1S/C25H21ClN2O2/c26-22-15-21-19(11-12-27-25(21)30)13-20(22)14-23(29)24(18-9-5-2-6-10-18)28-16-17-7-3-1-4-8-17/h1-13,15,24,28H,14,16H2,(H,27,30). The van der Waals surface area contributed by atoms with E-state index >= 15 is 0 Å². The molecule has 5 heteroatoms. The van der Waals surface area contributed by atoms with Crippen LogP contribution in [-0.4, -0.2) is 10.8 Å². The Morgan fingerprint density at radius 2 is 1.67 bits per heavy atom. The number of hydrogen-bond donors (Lipinski definition) is 2. The number of nitrogens with one attached hydrogen (secondary N) is 2. The second-order valence-electron chi connectivity index (χ2n) is 7.19. The normalized spacial score (nSPS) is 12.0. The lowest BCUT2D eigenvalue weighted by molar-refractivity contribution is -0.120. The van der Waals surface area contributed by atoms with Gasteiger partial charge in [0, 0.05) is 29.6 Å². The van der Waals surface area contributed by atoms with Gasteiger partial charge < -0.3 is 4.98 Å². The summed E-state index contributed by atoms with van der Waals surface area (Å²) in [5.41, 5.74) is 2.53. The van der Waals surface area contributed by atoms with Gasteiger partial charge >= 0.3 is 0 Å². The van der Waals surface area contributed by atoms with Gasteiger partial charge in [0.05, 0.1) is 6.04 Å². The van der Waals surface area contributed by atoms with Crippen molar-refractivity contribution < 1.29 is 4.79 Å². The molecule has 150 valence electrons. The highest BCUT2D eigenvalue weighted by molar-refractivity contribution is 6.32. The summed E-state index contributed by atoms with van der Waals surface area (Å²) in [6.07, 6.45) is 1.77. The van der Waals surface area contributed by atoms with E-state index in [0.717, 1.165) is 16.5 Å². The van der Waals surface area contributed by atoms with Crippen LogP contribution in [0, 0.1) is 0 Å². The van der Waals surface area contributed by atoms with Crippen LogP contribution in [0.4, 0.5) is 0 Å². The Labute approximate surface area is 179 Å². The molecule has 0 spiro atoms. The fourth-order valence-corrected chi connectivity index (χ4v) is 3.79. The van der Waals surface area contributed by atoms with Crippen LogP contribution >= 0.6 is 11.6 Å². The SMILES string of the molecule is O=C(Cc1cc2cc[nH]c(=O)c2cc1Cl)C(NCc1ccccc1)c1ccccc1. The van der Waals surface area contributed by atoms with E-state index in [1.165, 1.54) is 0 Å². The number of Topliss-reactive ketones (excluding diaryl/α,β-unsaturated/α-hetero) is 1. The van der Waals surface area contributed by atoms with Crippen LogP contribution < -0.4 is 10.9 Å². The number of aromatic amines is 1. The first-order valence-corrected chi connectivity index (χ1v) is 10.1. The predicted molar refractivity (Wildman–Crippen MR) is 121 cm³/mol. The Kier molecular flexibility index (Phi) is 6.07. The molecule has 1 unspecified atom stereocenters. The van der Waals surface area contributed by atoms with Crippen LogP contribution in [-0.2, 0) is 17.8 Å². The van der Waals surface area contributed by atoms with Gasteiger partial charge in [-0.3, -0.25) is 14.9 Å². The van der Waals surface area contributed by atoms with Crippen molar-refractivity contribution in [3.63, 3.8) is 0 Å². The Morgan fingerprint density at radius 3 is 2.40 bits per heavy atom. The summed E-state index contributed by atoms with van der Waals surface area (Å²) in [5.74, 6) is 0.0169. The number of rotatable bonds is 7. The third-order valence-corrected chi connectivity index (χ3v) is 5.47. The smallest absolute Gasteiger partial charge is 0.255 e. The summed E-state index contributed by atoms with van der Waals surface area (Å²) < 4.78 is 0. The predicted octanol–water partition coefficient (Wildman–Crippen LogP) is 4.82. The van der Waals surface area contributed by atoms with Crippen molar-refractivity contribution in [2.45, 2.75) is 19.0 Å². The first-order chi connectivity index (χ1) is 14.6. The minimum atomic E-state index is -0.461. The number of hydrogen-bond acceptors (Lipinski definition) is 3. The zero-order valence-electron chi connectivity index (χ0n) is 16.3. The monoisotopic (exact) mass is 416 g/mol. The Bertz CT molecular complexity index is 1220. The second-order valence-corrected chi connectivity index (χ2v) is 7.60. The average Bonchev–Trinajstić information content (AvgIpc) is 2.77. The van der Waals surface area contributed by atoms with E-state index in [2.05, 4.69) is 10.3 Å². The Hall–Kier alpha value is -3.21. The summed E-state index contributed by atoms with van der Waals surface area (Å²) in [7, 11) is 0. The van der Waals surface area contributed by atoms with Gasteiger partial charge in [0.1, 0.15) is 0 Å². The highest BCUT2D eigenvalue weighted by atomic mass is 35.5. The van der Waals surface area contributed by atoms with Crippen molar-refractivity contribution >= 4 is 28.2 Å². The number of pyridine rings is 1. The molecular weight excluding hydrogens is 396 g/mol. The average molecular weight is 417 g/mol. The van der Waals surface area contributed by atoms with Crippen LogP contribution in [0.5, 0.6) is 0 Å². The lowest BCUT2D eigenvalue weighted by Gasteiger charge is -2.19. The molecule has 0 aliphatic rings. The fourth-order valence-electron chi connectivity index (χ4n) is 3.56. The number of H-pyrrole nitrogens is 1. The molecule has 0 amide bonds. The van der Waals surface area contributed by atoms with Gasteiger partial charge in [-0.15, -0.1) is 0 Å². The summed E-state index contributed by atoms with van der Waals surface area (Å²) in [6.45, 7) is 0.576. The Balaban J connectivity index is 1.61. The largest absolute Gasteiger partial charge is 0.329 e. The molecule has 0 fully saturated rings. The lowest BCUT2D eigenvalue weighted by atomic mass is 9.96. The van der Waals surface area contributed by atoms with E-state index < -0.39 is 6.04 Å². The molecule has 4 aromatic rings. The Morgan fingerprint density at radius 1 is 0.967 bits per heavy atom. The van der Waals surface area contributed by atoms with Crippen molar-refractivity contribution in [1.82, 2.24) is 10.3 Å². The molecule has 2 N–H and O–H groups in total. The second kappa shape index (κ2) is 9.08. The molecular formula is C25H21ClN2O2. The molecule has 1 atom stereocenters. The van der Waals surface area contributed by atoms with E-state index in [0.29, 0.717) is 22.5 Å². The number of benzene rings is 3. The quantitative estimate of drug-likeness (QED) is 0.454. The summed E-state index contributed by atoms with van der Waals surface area (Å²) in [6, 6.07) is 24.5. The molecule has 0 bridgehead atoms. The summed E-state index contributed by atoms with van der Waals surface area (Å²) in [4.78, 5) is 27.9. The van der Waals surface area contributed by atoms with Crippen LogP contribution in [0.1, 0.15) is 22.7 Å². The maximum atomic E-state index is 13.3. The first kappa shape index (κ1) is 20.1. The number of halogens is 1. The molecule has 0 aliphatic carbocycles. The van der Waals surface area contributed by atoms with Gasteiger partial charge in [-0.25, -0.2) is 0 Å². The van der Waals surface area contributed by atoms with Crippen molar-refractivity contribution in [3.05, 3.63) is 117 Å². The van der Waals surface area contributed by atoms with E-state index in [9.17, 15) is 9.59 Å². The molecule has 1 aromatic heterocycles. The third kappa shape index (κ3) is 4.51. The third-order valence-electron chi connectivity index (χ3n) is 5.11. The van der Waals surface area contributed by atoms with Gasteiger partial charge in [0.15, 0.2) is 5.78 Å². The highest BCUT2D eigenvalue weighted by Gasteiger charge is 2.21. The van der Waals surface area contributed by atoms with Gasteiger partial charge in [-0.1, -0.05) is 72.3 Å². The zero-order chi connectivity index (χ0) is 20.9. The number of ketones is 1. The first-order valence-electron chi connectivity index (χ1n) is 9.76. The number of carbonyl (C=O) groups excluding carboxylic acids is 1. The van der Waals surface area contributed by atoms with Crippen molar-refractivity contribution in [3.8, 4) is 0 Å². The summed E-state index contributed by atoms with van der Waals surface area (Å²) >= 11 is 6.42. The molecule has 0 radical (unpaired) electrons. The van der Waals surface area contributed by atoms with E-state index in [1.54, 1.807) is 12.3 Å². The lowest BCUT2D eigenvalue weighted by Crippen LogP contribution is -2.29. The maximum absolute atomic E-state index is 13.3. The molecule has 0 aliphatic heterocycles. The molecule has 0 saturated carbocycles. The molecule has 4 rings (SSSR count). The van der Waals surface area contributed by atoms with Crippen molar-refractivity contribution in [2.24, 2.45) is 0 Å². The number of fused-ring (bicyclic) bond motifs is 1. The van der Waals surface area contributed by atoms with Gasteiger partial charge in [0.2, 0.25) is 0 Å². The fraction of sp³-hybridized carbons (Fsp3) is 0.120. The topological polar surface area (TPSA) is 62.0 Å². The van der Waals surface area contributed by atoms with Crippen molar-refractivity contribution in [1.29, 1.82) is 0 Å². The molecule has 3 aromatic carbocycles. The molecule has 4 nitrogen and oxygen atoms in total. The van der Waals surface area contributed by atoms with Gasteiger partial charge in [0.25, 0.3) is 5.56 Å². The molecule has 30 heavy (non-hydrogen) atoms. The van der Waals surface area contributed by atoms with E-state index in [4.69, 9.17) is 11.6 Å².